The molecule has 2 heteroatoms. The van der Waals surface area contributed by atoms with Crippen molar-refractivity contribution in [2.75, 3.05) is 20.6 Å². The Balaban J connectivity index is 4.73. The fraction of sp³-hybridized carbons (Fsp3) is 0.688. The summed E-state index contributed by atoms with van der Waals surface area (Å²) in [6.07, 6.45) is 11.1. The molecule has 0 unspecified atom stereocenters. The van der Waals surface area contributed by atoms with Crippen molar-refractivity contribution in [3.05, 3.63) is 23.3 Å². The third-order valence-corrected chi connectivity index (χ3v) is 3.09. The Labute approximate surface area is 113 Å². The van der Waals surface area contributed by atoms with E-state index in [1.807, 2.05) is 20.3 Å². The zero-order valence-corrected chi connectivity index (χ0v) is 12.8. The SMILES string of the molecule is CC=C/C(CCCCNC)=C(/CC=NC)C(C)C. The van der Waals surface area contributed by atoms with Gasteiger partial charge in [-0.3, -0.25) is 0 Å². The molecule has 0 aliphatic rings. The highest BCUT2D eigenvalue weighted by Gasteiger charge is 2.07. The summed E-state index contributed by atoms with van der Waals surface area (Å²) < 4.78 is 0. The fourth-order valence-corrected chi connectivity index (χ4v) is 2.10. The molecule has 0 atom stereocenters. The molecule has 0 bridgehead atoms. The number of allylic oxidation sites excluding steroid dienone is 4. The van der Waals surface area contributed by atoms with Gasteiger partial charge in [0.15, 0.2) is 0 Å². The summed E-state index contributed by atoms with van der Waals surface area (Å²) >= 11 is 0. The molecule has 18 heavy (non-hydrogen) atoms. The Morgan fingerprint density at radius 3 is 2.50 bits per heavy atom. The van der Waals surface area contributed by atoms with Gasteiger partial charge in [-0.25, -0.2) is 0 Å². The molecule has 0 rings (SSSR count). The molecule has 0 saturated heterocycles. The summed E-state index contributed by atoms with van der Waals surface area (Å²) in [4.78, 5) is 4.12. The van der Waals surface area contributed by atoms with Gasteiger partial charge in [0, 0.05) is 19.7 Å². The molecular formula is C16H30N2. The summed E-state index contributed by atoms with van der Waals surface area (Å²) in [6.45, 7) is 7.75. The highest BCUT2D eigenvalue weighted by atomic mass is 14.8. The van der Waals surface area contributed by atoms with E-state index in [9.17, 15) is 0 Å². The Morgan fingerprint density at radius 1 is 1.28 bits per heavy atom. The van der Waals surface area contributed by atoms with Crippen LogP contribution in [0.2, 0.25) is 0 Å². The first-order chi connectivity index (χ1) is 8.67. The van der Waals surface area contributed by atoms with Gasteiger partial charge in [0.05, 0.1) is 0 Å². The third kappa shape index (κ3) is 7.44. The van der Waals surface area contributed by atoms with E-state index in [-0.39, 0.29) is 0 Å². The Hall–Kier alpha value is -0.890. The standard InChI is InChI=1S/C16H30N2/c1-6-9-15(10-7-8-12-17-4)16(14(2)3)11-13-18-5/h6,9,13-14,17H,7-8,10-12H2,1-5H3/b9-6?,16-15+,18-13?. The molecule has 0 fully saturated rings. The van der Waals surface area contributed by atoms with Crippen molar-refractivity contribution in [1.82, 2.24) is 5.32 Å². The zero-order chi connectivity index (χ0) is 13.8. The predicted octanol–water partition coefficient (Wildman–Crippen LogP) is 4.00. The van der Waals surface area contributed by atoms with E-state index >= 15 is 0 Å². The Morgan fingerprint density at radius 2 is 2.00 bits per heavy atom. The number of hydrogen-bond donors (Lipinski definition) is 1. The molecule has 0 aromatic carbocycles. The van der Waals surface area contributed by atoms with Gasteiger partial charge >= 0.3 is 0 Å². The summed E-state index contributed by atoms with van der Waals surface area (Å²) in [6, 6.07) is 0. The van der Waals surface area contributed by atoms with Crippen LogP contribution in [-0.2, 0) is 0 Å². The molecule has 104 valence electrons. The van der Waals surface area contributed by atoms with E-state index in [0.29, 0.717) is 5.92 Å². The van der Waals surface area contributed by atoms with Gasteiger partial charge in [-0.15, -0.1) is 0 Å². The van der Waals surface area contributed by atoms with E-state index in [0.717, 1.165) is 13.0 Å². The first-order valence-corrected chi connectivity index (χ1v) is 7.07. The van der Waals surface area contributed by atoms with Crippen molar-refractivity contribution in [2.24, 2.45) is 10.9 Å². The van der Waals surface area contributed by atoms with Crippen molar-refractivity contribution in [1.29, 1.82) is 0 Å². The van der Waals surface area contributed by atoms with E-state index < -0.39 is 0 Å². The minimum Gasteiger partial charge on any atom is -0.320 e. The molecule has 0 aliphatic heterocycles. The monoisotopic (exact) mass is 250 g/mol. The molecule has 0 amide bonds. The fourth-order valence-electron chi connectivity index (χ4n) is 2.10. The predicted molar refractivity (Wildman–Crippen MR) is 83.5 cm³/mol. The largest absolute Gasteiger partial charge is 0.320 e. The van der Waals surface area contributed by atoms with E-state index in [4.69, 9.17) is 0 Å². The molecule has 0 spiro atoms. The molecule has 2 nitrogen and oxygen atoms in total. The second-order valence-electron chi connectivity index (χ2n) is 4.91. The Kier molecular flexibility index (Phi) is 10.7. The normalized spacial score (nSPS) is 13.9. The van der Waals surface area contributed by atoms with Crippen molar-refractivity contribution in [3.63, 3.8) is 0 Å². The molecular weight excluding hydrogens is 220 g/mol. The van der Waals surface area contributed by atoms with Gasteiger partial charge in [0.25, 0.3) is 0 Å². The molecule has 0 aromatic rings. The van der Waals surface area contributed by atoms with Crippen LogP contribution in [0.1, 0.15) is 46.5 Å². The van der Waals surface area contributed by atoms with Crippen LogP contribution >= 0.6 is 0 Å². The van der Waals surface area contributed by atoms with E-state index in [1.165, 1.54) is 30.4 Å². The maximum atomic E-state index is 4.12. The van der Waals surface area contributed by atoms with Crippen LogP contribution in [0, 0.1) is 5.92 Å². The lowest BCUT2D eigenvalue weighted by Gasteiger charge is -2.15. The highest BCUT2D eigenvalue weighted by molar-refractivity contribution is 5.62. The quantitative estimate of drug-likeness (QED) is 0.373. The van der Waals surface area contributed by atoms with Crippen LogP contribution in [0.15, 0.2) is 28.3 Å². The third-order valence-electron chi connectivity index (χ3n) is 3.09. The van der Waals surface area contributed by atoms with Gasteiger partial charge in [-0.2, -0.15) is 0 Å². The van der Waals surface area contributed by atoms with Gasteiger partial charge in [0.1, 0.15) is 0 Å². The van der Waals surface area contributed by atoms with Crippen LogP contribution in [-0.4, -0.2) is 26.9 Å². The molecule has 0 radical (unpaired) electrons. The van der Waals surface area contributed by atoms with Crippen LogP contribution in [0.5, 0.6) is 0 Å². The van der Waals surface area contributed by atoms with Crippen LogP contribution < -0.4 is 5.32 Å². The summed E-state index contributed by atoms with van der Waals surface area (Å²) in [5, 5.41) is 3.20. The average molecular weight is 250 g/mol. The second kappa shape index (κ2) is 11.2. The maximum Gasteiger partial charge on any atom is 0.0273 e. The molecule has 0 aliphatic carbocycles. The molecule has 0 saturated carbocycles. The lowest BCUT2D eigenvalue weighted by Crippen LogP contribution is -2.07. The number of nitrogens with zero attached hydrogens (tertiary/aromatic N) is 1. The zero-order valence-electron chi connectivity index (χ0n) is 12.8. The van der Waals surface area contributed by atoms with Crippen molar-refractivity contribution in [3.8, 4) is 0 Å². The lowest BCUT2D eigenvalue weighted by molar-refractivity contribution is 0.665. The molecule has 0 heterocycles. The highest BCUT2D eigenvalue weighted by Crippen LogP contribution is 2.23. The van der Waals surface area contributed by atoms with E-state index in [2.05, 4.69) is 43.2 Å². The maximum absolute atomic E-state index is 4.12. The summed E-state index contributed by atoms with van der Waals surface area (Å²) in [5.41, 5.74) is 3.03. The van der Waals surface area contributed by atoms with Crippen LogP contribution in [0.4, 0.5) is 0 Å². The van der Waals surface area contributed by atoms with Crippen LogP contribution in [0.25, 0.3) is 0 Å². The molecule has 0 aromatic heterocycles. The average Bonchev–Trinajstić information content (AvgIpc) is 2.34. The van der Waals surface area contributed by atoms with Crippen LogP contribution in [0.3, 0.4) is 0 Å². The number of unbranched alkanes of at least 4 members (excludes halogenated alkanes) is 1. The minimum absolute atomic E-state index is 0.596. The summed E-state index contributed by atoms with van der Waals surface area (Å²) in [7, 11) is 3.86. The van der Waals surface area contributed by atoms with Gasteiger partial charge < -0.3 is 10.3 Å². The van der Waals surface area contributed by atoms with Crippen molar-refractivity contribution >= 4 is 6.21 Å². The van der Waals surface area contributed by atoms with Gasteiger partial charge in [0.2, 0.25) is 0 Å². The molecule has 1 N–H and O–H groups in total. The summed E-state index contributed by atoms with van der Waals surface area (Å²) in [5.74, 6) is 0.596. The van der Waals surface area contributed by atoms with Gasteiger partial charge in [-0.05, 0) is 51.3 Å². The second-order valence-corrected chi connectivity index (χ2v) is 4.91. The van der Waals surface area contributed by atoms with Gasteiger partial charge in [-0.1, -0.05) is 31.6 Å². The number of aliphatic imine (C=N–C) groups is 1. The van der Waals surface area contributed by atoms with Crippen molar-refractivity contribution < 1.29 is 0 Å². The Bertz CT molecular complexity index is 285. The minimum atomic E-state index is 0.596. The smallest absolute Gasteiger partial charge is 0.0273 e. The number of rotatable bonds is 9. The first-order valence-electron chi connectivity index (χ1n) is 7.07. The topological polar surface area (TPSA) is 24.4 Å². The first kappa shape index (κ1) is 17.1. The number of nitrogens with one attached hydrogen (secondary N) is 1. The van der Waals surface area contributed by atoms with E-state index in [1.54, 1.807) is 0 Å². The number of hydrogen-bond acceptors (Lipinski definition) is 2. The van der Waals surface area contributed by atoms with Crippen molar-refractivity contribution in [2.45, 2.75) is 46.5 Å². The lowest BCUT2D eigenvalue weighted by atomic mass is 9.91.